The van der Waals surface area contributed by atoms with Crippen LogP contribution in [0.15, 0.2) is 30.6 Å². The van der Waals surface area contributed by atoms with Gasteiger partial charge in [-0.05, 0) is 12.1 Å². The number of pyridine rings is 1. The average Bonchev–Trinajstić information content (AvgIpc) is 3.37. The van der Waals surface area contributed by atoms with Crippen molar-refractivity contribution in [3.63, 3.8) is 0 Å². The fourth-order valence-electron chi connectivity index (χ4n) is 2.88. The highest BCUT2D eigenvalue weighted by molar-refractivity contribution is 7.18. The maximum Gasteiger partial charge on any atom is 0.417 e. The van der Waals surface area contributed by atoms with E-state index in [2.05, 4.69) is 15.2 Å². The number of hydrogen-bond acceptors (Lipinski definition) is 7. The second-order valence-electron chi connectivity index (χ2n) is 6.77. The molecule has 3 heterocycles. The van der Waals surface area contributed by atoms with Crippen LogP contribution in [0.5, 0.6) is 5.75 Å². The Bertz CT molecular complexity index is 1330. The maximum atomic E-state index is 14.5. The summed E-state index contributed by atoms with van der Waals surface area (Å²) in [4.78, 5) is 4.23. The Morgan fingerprint density at radius 2 is 1.85 bits per heavy atom. The average molecular weight is 522 g/mol. The van der Waals surface area contributed by atoms with Crippen LogP contribution in [0.4, 0.5) is 17.6 Å². The summed E-state index contributed by atoms with van der Waals surface area (Å²) in [5.74, 6) is -0.941. The van der Waals surface area contributed by atoms with Crippen LogP contribution < -0.4 is 10.5 Å². The van der Waals surface area contributed by atoms with Gasteiger partial charge in [-0.25, -0.2) is 9.37 Å². The third-order valence-electron chi connectivity index (χ3n) is 4.42. The second-order valence-corrected chi connectivity index (χ2v) is 8.57. The van der Waals surface area contributed by atoms with E-state index in [0.717, 1.165) is 34.1 Å². The Kier molecular flexibility index (Phi) is 6.47. The van der Waals surface area contributed by atoms with Crippen LogP contribution in [0.25, 0.3) is 26.9 Å². The summed E-state index contributed by atoms with van der Waals surface area (Å²) in [6.45, 7) is -0.228. The number of benzene rings is 1. The molecule has 0 amide bonds. The number of ether oxygens (including phenoxy) is 1. The Hall–Kier alpha value is -2.51. The van der Waals surface area contributed by atoms with Crippen molar-refractivity contribution in [2.45, 2.75) is 18.8 Å². The van der Waals surface area contributed by atoms with E-state index >= 15 is 0 Å². The number of aliphatic hydroxyl groups is 1. The van der Waals surface area contributed by atoms with Gasteiger partial charge in [-0.3, -0.25) is 5.73 Å². The first-order valence-corrected chi connectivity index (χ1v) is 10.8. The molecule has 33 heavy (non-hydrogen) atoms. The van der Waals surface area contributed by atoms with E-state index in [4.69, 9.17) is 38.8 Å². The molecule has 3 aromatic heterocycles. The highest BCUT2D eigenvalue weighted by Crippen LogP contribution is 2.38. The van der Waals surface area contributed by atoms with Crippen LogP contribution in [0.2, 0.25) is 10.0 Å². The Morgan fingerprint density at radius 3 is 2.55 bits per heavy atom. The lowest BCUT2D eigenvalue weighted by atomic mass is 10.2. The molecule has 174 valence electrons. The number of aromatic nitrogens is 4. The van der Waals surface area contributed by atoms with Crippen LogP contribution in [0.1, 0.15) is 12.0 Å². The van der Waals surface area contributed by atoms with Gasteiger partial charge in [-0.2, -0.15) is 13.2 Å². The van der Waals surface area contributed by atoms with E-state index in [-0.39, 0.29) is 55.7 Å². The lowest BCUT2D eigenvalue weighted by molar-refractivity contribution is -0.137. The zero-order valence-corrected chi connectivity index (χ0v) is 18.6. The molecule has 0 radical (unpaired) electrons. The second kappa shape index (κ2) is 9.03. The number of fused-ring (bicyclic) bond motifs is 1. The highest BCUT2D eigenvalue weighted by atomic mass is 35.5. The molecule has 4 rings (SSSR count). The van der Waals surface area contributed by atoms with E-state index in [1.165, 1.54) is 12.3 Å². The number of nitrogens with two attached hydrogens (primary N) is 1. The molecular weight excluding hydrogens is 509 g/mol. The van der Waals surface area contributed by atoms with E-state index in [1.54, 1.807) is 0 Å². The molecule has 3 N–H and O–H groups in total. The quantitative estimate of drug-likeness (QED) is 0.272. The first kappa shape index (κ1) is 23.6. The Morgan fingerprint density at radius 1 is 1.12 bits per heavy atom. The third-order valence-corrected chi connectivity index (χ3v) is 5.99. The van der Waals surface area contributed by atoms with Gasteiger partial charge >= 0.3 is 6.18 Å². The molecule has 0 fully saturated rings. The van der Waals surface area contributed by atoms with E-state index < -0.39 is 23.8 Å². The largest absolute Gasteiger partial charge is 0.472 e. The third kappa shape index (κ3) is 4.89. The SMILES string of the molecule is NC(CCO)Oc1cc(Cl)c(-c2nnc(-c3cn4cc(C(F)(F)F)cc(Cl)c4n3)s2)cc1F. The van der Waals surface area contributed by atoms with Gasteiger partial charge in [0.2, 0.25) is 0 Å². The van der Waals surface area contributed by atoms with Gasteiger partial charge in [0.25, 0.3) is 0 Å². The molecule has 0 aliphatic rings. The van der Waals surface area contributed by atoms with Crippen LogP contribution in [0.3, 0.4) is 0 Å². The van der Waals surface area contributed by atoms with E-state index in [1.807, 2.05) is 0 Å². The Balaban J connectivity index is 1.66. The van der Waals surface area contributed by atoms with Crippen molar-refractivity contribution in [2.24, 2.45) is 5.73 Å². The van der Waals surface area contributed by atoms with Crippen molar-refractivity contribution in [1.29, 1.82) is 0 Å². The molecule has 0 saturated carbocycles. The van der Waals surface area contributed by atoms with Crippen molar-refractivity contribution in [1.82, 2.24) is 19.6 Å². The number of halogens is 6. The molecule has 7 nitrogen and oxygen atoms in total. The standard InChI is InChI=1S/C19H13Cl2F4N5O2S/c20-10-5-14(32-15(26)1-2-31)12(22)4-9(10)17-28-29-18(33-17)13-7-30-6-8(19(23,24)25)3-11(21)16(30)27-13/h3-7,15,31H,1-2,26H2. The number of imidazole rings is 1. The van der Waals surface area contributed by atoms with Gasteiger partial charge in [0.15, 0.2) is 22.2 Å². The predicted molar refractivity (Wildman–Crippen MR) is 115 cm³/mol. The summed E-state index contributed by atoms with van der Waals surface area (Å²) >= 11 is 13.2. The topological polar surface area (TPSA) is 98.6 Å². The predicted octanol–water partition coefficient (Wildman–Crippen LogP) is 5.03. The summed E-state index contributed by atoms with van der Waals surface area (Å²) in [6.07, 6.45) is -3.18. The lowest BCUT2D eigenvalue weighted by Gasteiger charge is -2.14. The van der Waals surface area contributed by atoms with Gasteiger partial charge in [-0.1, -0.05) is 34.5 Å². The van der Waals surface area contributed by atoms with Gasteiger partial charge < -0.3 is 14.2 Å². The van der Waals surface area contributed by atoms with Crippen LogP contribution in [-0.4, -0.2) is 37.5 Å². The van der Waals surface area contributed by atoms with Gasteiger partial charge in [0.05, 0.1) is 15.6 Å². The molecular formula is C19H13Cl2F4N5O2S. The Labute approximate surface area is 197 Å². The number of nitrogens with zero attached hydrogens (tertiary/aromatic N) is 4. The number of hydrogen-bond donors (Lipinski definition) is 2. The summed E-state index contributed by atoms with van der Waals surface area (Å²) in [5.41, 5.74) is 5.27. The molecule has 0 spiro atoms. The molecule has 0 saturated heterocycles. The molecule has 14 heteroatoms. The first-order valence-electron chi connectivity index (χ1n) is 9.18. The normalized spacial score (nSPS) is 13.0. The zero-order valence-electron chi connectivity index (χ0n) is 16.3. The fraction of sp³-hybridized carbons (Fsp3) is 0.211. The summed E-state index contributed by atoms with van der Waals surface area (Å²) in [7, 11) is 0. The lowest BCUT2D eigenvalue weighted by Crippen LogP contribution is -2.28. The highest BCUT2D eigenvalue weighted by Gasteiger charge is 2.32. The van der Waals surface area contributed by atoms with Crippen molar-refractivity contribution in [2.75, 3.05) is 6.61 Å². The minimum atomic E-state index is -4.57. The maximum absolute atomic E-state index is 14.5. The van der Waals surface area contributed by atoms with E-state index in [9.17, 15) is 17.6 Å². The van der Waals surface area contributed by atoms with Gasteiger partial charge in [0.1, 0.15) is 16.9 Å². The van der Waals surface area contributed by atoms with Gasteiger partial charge in [-0.15, -0.1) is 10.2 Å². The minimum Gasteiger partial charge on any atom is -0.472 e. The number of rotatable bonds is 6. The molecule has 0 bridgehead atoms. The van der Waals surface area contributed by atoms with Crippen LogP contribution in [0, 0.1) is 5.82 Å². The molecule has 1 aromatic carbocycles. The molecule has 0 aliphatic heterocycles. The summed E-state index contributed by atoms with van der Waals surface area (Å²) in [6, 6.07) is 3.12. The van der Waals surface area contributed by atoms with Gasteiger partial charge in [0, 0.05) is 37.1 Å². The fourth-order valence-corrected chi connectivity index (χ4v) is 4.27. The molecule has 0 aliphatic carbocycles. The minimum absolute atomic E-state index is 0.103. The van der Waals surface area contributed by atoms with Crippen LogP contribution >= 0.6 is 34.5 Å². The molecule has 4 aromatic rings. The van der Waals surface area contributed by atoms with Crippen molar-refractivity contribution < 1.29 is 27.4 Å². The van der Waals surface area contributed by atoms with Crippen molar-refractivity contribution in [3.8, 4) is 27.0 Å². The monoisotopic (exact) mass is 521 g/mol. The summed E-state index contributed by atoms with van der Waals surface area (Å²) < 4.78 is 60.0. The number of aliphatic hydroxyl groups excluding tert-OH is 1. The molecule has 1 unspecified atom stereocenters. The summed E-state index contributed by atoms with van der Waals surface area (Å²) in [5, 5.41) is 17.3. The molecule has 1 atom stereocenters. The first-order chi connectivity index (χ1) is 15.6. The van der Waals surface area contributed by atoms with Crippen molar-refractivity contribution in [3.05, 3.63) is 52.0 Å². The van der Waals surface area contributed by atoms with Crippen molar-refractivity contribution >= 4 is 40.2 Å². The van der Waals surface area contributed by atoms with Crippen LogP contribution in [-0.2, 0) is 6.18 Å². The number of alkyl halides is 3. The smallest absolute Gasteiger partial charge is 0.417 e. The zero-order chi connectivity index (χ0) is 23.9. The van der Waals surface area contributed by atoms with E-state index in [0.29, 0.717) is 0 Å².